The van der Waals surface area contributed by atoms with Gasteiger partial charge in [-0.2, -0.15) is 5.10 Å². The average molecular weight is 506 g/mol. The normalized spacial score (nSPS) is 11.8. The van der Waals surface area contributed by atoms with Crippen LogP contribution in [-0.4, -0.2) is 36.0 Å². The maximum Gasteiger partial charge on any atom is 0.229 e. The number of benzene rings is 2. The first-order valence-electron chi connectivity index (χ1n) is 12.1. The van der Waals surface area contributed by atoms with Crippen LogP contribution in [0.4, 0.5) is 10.1 Å². The van der Waals surface area contributed by atoms with Crippen molar-refractivity contribution in [1.82, 2.24) is 30.1 Å². The average Bonchev–Trinajstić information content (AvgIpc) is 3.52. The van der Waals surface area contributed by atoms with Gasteiger partial charge in [-0.25, -0.2) is 9.37 Å². The van der Waals surface area contributed by atoms with Crippen LogP contribution in [0.5, 0.6) is 0 Å². The molecule has 0 unspecified atom stereocenters. The summed E-state index contributed by atoms with van der Waals surface area (Å²) in [6.07, 6.45) is 5.01. The third-order valence-corrected chi connectivity index (χ3v) is 6.33. The molecule has 0 radical (unpaired) electrons. The summed E-state index contributed by atoms with van der Waals surface area (Å²) < 4.78 is 14.5. The highest BCUT2D eigenvalue weighted by Gasteiger charge is 2.22. The van der Waals surface area contributed by atoms with Crippen molar-refractivity contribution in [3.05, 3.63) is 79.0 Å². The quantitative estimate of drug-likeness (QED) is 0.258. The van der Waals surface area contributed by atoms with Gasteiger partial charge in [-0.05, 0) is 42.0 Å². The molecule has 0 saturated heterocycles. The summed E-state index contributed by atoms with van der Waals surface area (Å²) in [5.74, 6) is 0.0953. The zero-order chi connectivity index (χ0) is 26.4. The number of nitrogens with one attached hydrogen (secondary N) is 3. The van der Waals surface area contributed by atoms with Gasteiger partial charge < -0.3 is 10.3 Å². The van der Waals surface area contributed by atoms with Crippen molar-refractivity contribution in [3.8, 4) is 33.9 Å². The number of anilines is 1. The summed E-state index contributed by atoms with van der Waals surface area (Å²) in [6.45, 7) is 5.59. The van der Waals surface area contributed by atoms with Crippen molar-refractivity contribution in [2.75, 3.05) is 5.32 Å². The molecule has 6 rings (SSSR count). The van der Waals surface area contributed by atoms with Crippen molar-refractivity contribution in [2.45, 2.75) is 20.8 Å². The summed E-state index contributed by atoms with van der Waals surface area (Å²) >= 11 is 0. The molecule has 0 bridgehead atoms. The second kappa shape index (κ2) is 8.88. The van der Waals surface area contributed by atoms with E-state index in [1.807, 2.05) is 45.0 Å². The molecule has 0 spiro atoms. The monoisotopic (exact) mass is 505 g/mol. The number of pyridine rings is 2. The second-order valence-electron chi connectivity index (χ2n) is 10.1. The Bertz CT molecular complexity index is 1830. The Morgan fingerprint density at radius 2 is 1.79 bits per heavy atom. The molecule has 1 amide bonds. The molecule has 6 aromatic rings. The largest absolute Gasteiger partial charge is 0.336 e. The van der Waals surface area contributed by atoms with E-state index in [2.05, 4.69) is 30.5 Å². The number of carbonyl (C=O) groups excluding carboxylic acids is 1. The van der Waals surface area contributed by atoms with E-state index in [-0.39, 0.29) is 11.7 Å². The lowest BCUT2D eigenvalue weighted by Gasteiger charge is -2.17. The molecule has 0 fully saturated rings. The number of aromatic amines is 2. The molecule has 0 aliphatic rings. The number of nitrogens with zero attached hydrogens (tertiary/aromatic N) is 4. The maximum absolute atomic E-state index is 14.5. The summed E-state index contributed by atoms with van der Waals surface area (Å²) in [5.41, 5.74) is 5.46. The first-order chi connectivity index (χ1) is 18.3. The minimum absolute atomic E-state index is 0.0850. The fourth-order valence-electron chi connectivity index (χ4n) is 4.26. The summed E-state index contributed by atoms with van der Waals surface area (Å²) in [4.78, 5) is 29.2. The Morgan fingerprint density at radius 3 is 2.61 bits per heavy atom. The van der Waals surface area contributed by atoms with Gasteiger partial charge in [-0.1, -0.05) is 39.0 Å². The Labute approximate surface area is 217 Å². The van der Waals surface area contributed by atoms with E-state index >= 15 is 0 Å². The zero-order valence-electron chi connectivity index (χ0n) is 21.0. The standard InChI is InChI=1S/C29H24FN7O/c1-29(2,3)28(38)33-18-12-17(14-31-15-18)16-8-9-22-20(13-16)25(37-36-22)27-34-23-10-11-32-24(26(23)35-27)19-6-4-5-7-21(19)30/h4-15H,1-3H3,(H,33,38)(H,34,35)(H,36,37). The van der Waals surface area contributed by atoms with E-state index < -0.39 is 5.41 Å². The van der Waals surface area contributed by atoms with Crippen LogP contribution in [0.25, 0.3) is 55.8 Å². The van der Waals surface area contributed by atoms with Crippen LogP contribution < -0.4 is 5.32 Å². The first kappa shape index (κ1) is 23.5. The van der Waals surface area contributed by atoms with E-state index in [0.29, 0.717) is 34.0 Å². The highest BCUT2D eigenvalue weighted by molar-refractivity contribution is 5.98. The van der Waals surface area contributed by atoms with Crippen molar-refractivity contribution < 1.29 is 9.18 Å². The molecule has 3 N–H and O–H groups in total. The van der Waals surface area contributed by atoms with E-state index in [9.17, 15) is 9.18 Å². The van der Waals surface area contributed by atoms with Gasteiger partial charge in [0, 0.05) is 34.3 Å². The Balaban J connectivity index is 1.41. The van der Waals surface area contributed by atoms with Gasteiger partial charge in [-0.3, -0.25) is 19.9 Å². The fourth-order valence-corrected chi connectivity index (χ4v) is 4.26. The van der Waals surface area contributed by atoms with Crippen molar-refractivity contribution in [3.63, 3.8) is 0 Å². The molecule has 8 nitrogen and oxygen atoms in total. The van der Waals surface area contributed by atoms with Crippen LogP contribution in [0.3, 0.4) is 0 Å². The van der Waals surface area contributed by atoms with E-state index in [1.54, 1.807) is 42.9 Å². The Hall–Kier alpha value is -4.92. The topological polar surface area (TPSA) is 112 Å². The second-order valence-corrected chi connectivity index (χ2v) is 10.1. The third-order valence-electron chi connectivity index (χ3n) is 6.33. The van der Waals surface area contributed by atoms with Gasteiger partial charge in [0.05, 0.1) is 22.9 Å². The SMILES string of the molecule is CC(C)(C)C(=O)Nc1cncc(-c2ccc3[nH]nc(-c4nc5c(-c6ccccc6F)nccc5[nH]4)c3c2)c1. The molecule has 188 valence electrons. The number of imidazole rings is 1. The molecule has 38 heavy (non-hydrogen) atoms. The highest BCUT2D eigenvalue weighted by Crippen LogP contribution is 2.33. The van der Waals surface area contributed by atoms with Gasteiger partial charge in [0.1, 0.15) is 22.7 Å². The molecule has 2 aromatic carbocycles. The van der Waals surface area contributed by atoms with E-state index in [4.69, 9.17) is 4.98 Å². The lowest BCUT2D eigenvalue weighted by atomic mass is 9.95. The van der Waals surface area contributed by atoms with Crippen molar-refractivity contribution in [2.24, 2.45) is 5.41 Å². The minimum atomic E-state index is -0.519. The molecule has 4 aromatic heterocycles. The summed E-state index contributed by atoms with van der Waals surface area (Å²) in [6, 6.07) is 16.1. The number of hydrogen-bond donors (Lipinski definition) is 3. The Kier molecular flexibility index (Phi) is 5.48. The molecular formula is C29H24FN7O. The molecule has 0 atom stereocenters. The maximum atomic E-state index is 14.5. The fraction of sp³-hybridized carbons (Fsp3) is 0.138. The van der Waals surface area contributed by atoms with E-state index in [1.165, 1.54) is 6.07 Å². The van der Waals surface area contributed by atoms with Crippen LogP contribution in [0.2, 0.25) is 0 Å². The van der Waals surface area contributed by atoms with Crippen LogP contribution in [0.15, 0.2) is 73.2 Å². The number of aromatic nitrogens is 6. The van der Waals surface area contributed by atoms with Gasteiger partial charge in [-0.15, -0.1) is 0 Å². The third kappa shape index (κ3) is 4.17. The van der Waals surface area contributed by atoms with Crippen molar-refractivity contribution in [1.29, 1.82) is 0 Å². The van der Waals surface area contributed by atoms with Crippen LogP contribution in [0.1, 0.15) is 20.8 Å². The summed E-state index contributed by atoms with van der Waals surface area (Å²) in [5, 5.41) is 11.4. The molecule has 0 aliphatic carbocycles. The van der Waals surface area contributed by atoms with Gasteiger partial charge in [0.15, 0.2) is 5.82 Å². The number of H-pyrrole nitrogens is 2. The predicted molar refractivity (Wildman–Crippen MR) is 146 cm³/mol. The number of amides is 1. The van der Waals surface area contributed by atoms with Gasteiger partial charge in [0.25, 0.3) is 0 Å². The summed E-state index contributed by atoms with van der Waals surface area (Å²) in [7, 11) is 0. The number of hydrogen-bond acceptors (Lipinski definition) is 5. The number of fused-ring (bicyclic) bond motifs is 2. The number of carbonyl (C=O) groups is 1. The van der Waals surface area contributed by atoms with Crippen molar-refractivity contribution >= 4 is 33.5 Å². The molecule has 9 heteroatoms. The van der Waals surface area contributed by atoms with Crippen LogP contribution >= 0.6 is 0 Å². The zero-order valence-corrected chi connectivity index (χ0v) is 21.0. The first-order valence-corrected chi connectivity index (χ1v) is 12.1. The van der Waals surface area contributed by atoms with E-state index in [0.717, 1.165) is 27.5 Å². The smallest absolute Gasteiger partial charge is 0.229 e. The lowest BCUT2D eigenvalue weighted by Crippen LogP contribution is -2.27. The Morgan fingerprint density at radius 1 is 0.947 bits per heavy atom. The predicted octanol–water partition coefficient (Wildman–Crippen LogP) is 6.35. The lowest BCUT2D eigenvalue weighted by molar-refractivity contribution is -0.123. The number of rotatable bonds is 4. The minimum Gasteiger partial charge on any atom is -0.336 e. The molecule has 0 aliphatic heterocycles. The highest BCUT2D eigenvalue weighted by atomic mass is 19.1. The van der Waals surface area contributed by atoms with Crippen LogP contribution in [0, 0.1) is 11.2 Å². The van der Waals surface area contributed by atoms with Gasteiger partial charge in [0.2, 0.25) is 5.91 Å². The molecular weight excluding hydrogens is 481 g/mol. The number of halogens is 1. The molecule has 4 heterocycles. The van der Waals surface area contributed by atoms with Gasteiger partial charge >= 0.3 is 0 Å². The molecule has 0 saturated carbocycles. The van der Waals surface area contributed by atoms with Crippen LogP contribution in [-0.2, 0) is 4.79 Å².